The fraction of sp³-hybridized carbons (Fsp3) is 1.00. The van der Waals surface area contributed by atoms with E-state index in [1.54, 1.807) is 0 Å². The number of piperidine rings is 1. The lowest BCUT2D eigenvalue weighted by molar-refractivity contribution is 0.113. The molecule has 2 N–H and O–H groups in total. The zero-order valence-corrected chi connectivity index (χ0v) is 10.1. The Morgan fingerprint density at radius 1 is 1.36 bits per heavy atom. The summed E-state index contributed by atoms with van der Waals surface area (Å²) in [5.41, 5.74) is 6.38. The quantitative estimate of drug-likeness (QED) is 0.750. The van der Waals surface area contributed by atoms with Crippen molar-refractivity contribution in [2.45, 2.75) is 52.5 Å². The van der Waals surface area contributed by atoms with Crippen molar-refractivity contribution in [3.63, 3.8) is 0 Å². The molecule has 0 amide bonds. The van der Waals surface area contributed by atoms with Crippen LogP contribution in [0.2, 0.25) is 0 Å². The van der Waals surface area contributed by atoms with Gasteiger partial charge < -0.3 is 10.6 Å². The molecule has 0 bridgehead atoms. The molecule has 1 saturated heterocycles. The van der Waals surface area contributed by atoms with E-state index in [1.807, 2.05) is 0 Å². The minimum Gasteiger partial charge on any atom is -0.328 e. The molecule has 1 aliphatic heterocycles. The van der Waals surface area contributed by atoms with Crippen molar-refractivity contribution >= 4 is 0 Å². The summed E-state index contributed by atoms with van der Waals surface area (Å²) in [6.07, 6.45) is 5.20. The van der Waals surface area contributed by atoms with Crippen LogP contribution in [0, 0.1) is 5.41 Å². The minimum atomic E-state index is 0.356. The first-order valence-corrected chi connectivity index (χ1v) is 6.04. The molecular weight excluding hydrogens is 172 g/mol. The van der Waals surface area contributed by atoms with Gasteiger partial charge in [0.25, 0.3) is 0 Å². The van der Waals surface area contributed by atoms with Crippen molar-refractivity contribution in [3.8, 4) is 0 Å². The maximum absolute atomic E-state index is 5.76. The van der Waals surface area contributed by atoms with Gasteiger partial charge in [0.2, 0.25) is 0 Å². The predicted molar refractivity (Wildman–Crippen MR) is 62.3 cm³/mol. The van der Waals surface area contributed by atoms with Gasteiger partial charge in [-0.3, -0.25) is 0 Å². The number of rotatable bonds is 4. The third-order valence-electron chi connectivity index (χ3n) is 3.82. The van der Waals surface area contributed by atoms with Gasteiger partial charge in [-0.2, -0.15) is 0 Å². The zero-order chi connectivity index (χ0) is 10.6. The van der Waals surface area contributed by atoms with Crippen molar-refractivity contribution in [1.29, 1.82) is 0 Å². The number of likely N-dealkylation sites (tertiary alicyclic amines) is 1. The molecule has 0 saturated carbocycles. The van der Waals surface area contributed by atoms with Gasteiger partial charge in [-0.15, -0.1) is 0 Å². The van der Waals surface area contributed by atoms with E-state index in [1.165, 1.54) is 38.9 Å². The third-order valence-corrected chi connectivity index (χ3v) is 3.82. The van der Waals surface area contributed by atoms with Crippen LogP contribution in [0.1, 0.15) is 46.5 Å². The molecule has 0 radical (unpaired) electrons. The Bertz CT molecular complexity index is 158. The highest BCUT2D eigenvalue weighted by atomic mass is 15.1. The Balaban J connectivity index is 2.22. The first-order chi connectivity index (χ1) is 6.56. The second kappa shape index (κ2) is 5.13. The van der Waals surface area contributed by atoms with Crippen molar-refractivity contribution in [3.05, 3.63) is 0 Å². The van der Waals surface area contributed by atoms with Crippen LogP contribution in [-0.4, -0.2) is 30.6 Å². The zero-order valence-electron chi connectivity index (χ0n) is 10.1. The van der Waals surface area contributed by atoms with Crippen LogP contribution in [0.4, 0.5) is 0 Å². The number of hydrogen-bond donors (Lipinski definition) is 1. The van der Waals surface area contributed by atoms with E-state index in [0.29, 0.717) is 11.5 Å². The molecule has 1 aliphatic rings. The summed E-state index contributed by atoms with van der Waals surface area (Å²) in [6.45, 7) is 10.6. The van der Waals surface area contributed by atoms with Gasteiger partial charge in [0.15, 0.2) is 0 Å². The summed E-state index contributed by atoms with van der Waals surface area (Å²) >= 11 is 0. The topological polar surface area (TPSA) is 29.3 Å². The largest absolute Gasteiger partial charge is 0.328 e. The van der Waals surface area contributed by atoms with Gasteiger partial charge in [0.05, 0.1) is 0 Å². The van der Waals surface area contributed by atoms with E-state index in [4.69, 9.17) is 5.73 Å². The highest BCUT2D eigenvalue weighted by Crippen LogP contribution is 2.33. The Morgan fingerprint density at radius 3 is 2.36 bits per heavy atom. The highest BCUT2D eigenvalue weighted by molar-refractivity contribution is 4.81. The second-order valence-corrected chi connectivity index (χ2v) is 5.27. The van der Waals surface area contributed by atoms with Crippen molar-refractivity contribution in [2.75, 3.05) is 19.6 Å². The molecule has 1 heterocycles. The molecule has 1 rings (SSSR count). The third kappa shape index (κ3) is 3.58. The molecule has 1 unspecified atom stereocenters. The number of hydrogen-bond acceptors (Lipinski definition) is 2. The molecule has 0 aromatic heterocycles. The molecule has 1 fully saturated rings. The van der Waals surface area contributed by atoms with Crippen LogP contribution in [0.15, 0.2) is 0 Å². The Morgan fingerprint density at radius 2 is 1.93 bits per heavy atom. The summed E-state index contributed by atoms with van der Waals surface area (Å²) in [5, 5.41) is 0. The number of nitrogens with two attached hydrogens (primary N) is 1. The molecule has 14 heavy (non-hydrogen) atoms. The molecule has 84 valence electrons. The van der Waals surface area contributed by atoms with Crippen molar-refractivity contribution in [2.24, 2.45) is 11.1 Å². The average molecular weight is 198 g/mol. The van der Waals surface area contributed by atoms with E-state index in [9.17, 15) is 0 Å². The van der Waals surface area contributed by atoms with E-state index >= 15 is 0 Å². The molecule has 0 spiro atoms. The first kappa shape index (κ1) is 12.0. The maximum atomic E-state index is 5.76. The lowest BCUT2D eigenvalue weighted by Gasteiger charge is -2.39. The van der Waals surface area contributed by atoms with Crippen LogP contribution in [0.25, 0.3) is 0 Å². The van der Waals surface area contributed by atoms with Crippen LogP contribution >= 0.6 is 0 Å². The predicted octanol–water partition coefficient (Wildman–Crippen LogP) is 2.24. The highest BCUT2D eigenvalue weighted by Gasteiger charge is 2.27. The van der Waals surface area contributed by atoms with Gasteiger partial charge in [-0.05, 0) is 51.2 Å². The van der Waals surface area contributed by atoms with E-state index in [-0.39, 0.29) is 0 Å². The van der Waals surface area contributed by atoms with Gasteiger partial charge >= 0.3 is 0 Å². The Labute approximate surface area is 88.8 Å². The summed E-state index contributed by atoms with van der Waals surface area (Å²) in [6, 6.07) is 0.356. The standard InChI is InChI=1S/C12H26N2/c1-4-12(3)6-9-14(10-7-12)8-5-11(2)13/h11H,4-10,13H2,1-3H3. The number of nitrogens with zero attached hydrogens (tertiary/aromatic N) is 1. The lowest BCUT2D eigenvalue weighted by atomic mass is 9.78. The van der Waals surface area contributed by atoms with Gasteiger partial charge in [-0.1, -0.05) is 20.3 Å². The maximum Gasteiger partial charge on any atom is 0.00226 e. The summed E-state index contributed by atoms with van der Waals surface area (Å²) in [5.74, 6) is 0. The molecule has 0 aromatic rings. The SMILES string of the molecule is CCC1(C)CCN(CCC(C)N)CC1. The van der Waals surface area contributed by atoms with E-state index in [0.717, 1.165) is 6.42 Å². The molecule has 0 aromatic carbocycles. The average Bonchev–Trinajstić information content (AvgIpc) is 2.17. The van der Waals surface area contributed by atoms with Crippen LogP contribution in [0.5, 0.6) is 0 Å². The lowest BCUT2D eigenvalue weighted by Crippen LogP contribution is -2.40. The summed E-state index contributed by atoms with van der Waals surface area (Å²) < 4.78 is 0. The van der Waals surface area contributed by atoms with Gasteiger partial charge in [0, 0.05) is 6.04 Å². The summed E-state index contributed by atoms with van der Waals surface area (Å²) in [7, 11) is 0. The Hall–Kier alpha value is -0.0800. The molecule has 0 aliphatic carbocycles. The van der Waals surface area contributed by atoms with Gasteiger partial charge in [0.1, 0.15) is 0 Å². The van der Waals surface area contributed by atoms with E-state index in [2.05, 4.69) is 25.7 Å². The molecule has 2 heteroatoms. The van der Waals surface area contributed by atoms with Crippen LogP contribution in [-0.2, 0) is 0 Å². The molecule has 1 atom stereocenters. The van der Waals surface area contributed by atoms with Gasteiger partial charge in [-0.25, -0.2) is 0 Å². The normalized spacial score (nSPS) is 24.9. The van der Waals surface area contributed by atoms with Crippen LogP contribution in [0.3, 0.4) is 0 Å². The van der Waals surface area contributed by atoms with Crippen molar-refractivity contribution < 1.29 is 0 Å². The monoisotopic (exact) mass is 198 g/mol. The molecule has 2 nitrogen and oxygen atoms in total. The fourth-order valence-electron chi connectivity index (χ4n) is 2.06. The fourth-order valence-corrected chi connectivity index (χ4v) is 2.06. The van der Waals surface area contributed by atoms with E-state index < -0.39 is 0 Å². The van der Waals surface area contributed by atoms with Crippen molar-refractivity contribution in [1.82, 2.24) is 4.90 Å². The Kier molecular flexibility index (Phi) is 4.39. The summed E-state index contributed by atoms with van der Waals surface area (Å²) in [4.78, 5) is 2.57. The minimum absolute atomic E-state index is 0.356. The van der Waals surface area contributed by atoms with Crippen LogP contribution < -0.4 is 5.73 Å². The first-order valence-electron chi connectivity index (χ1n) is 6.04. The second-order valence-electron chi connectivity index (χ2n) is 5.27. The molecular formula is C12H26N2. The smallest absolute Gasteiger partial charge is 0.00226 e.